The minimum atomic E-state index is -2.46. The highest BCUT2D eigenvalue weighted by Crippen LogP contribution is 2.39. The van der Waals surface area contributed by atoms with Gasteiger partial charge in [0.1, 0.15) is 5.75 Å². The standard InChI is InChI=1S/C13H13N4OPS/c20-19(18-12-9-5-2-6-10-12)16-14-13(15-17-19)11-7-3-1-4-8-11/h1-10H,(H,14,15)(H2,16,17,20). The summed E-state index contributed by atoms with van der Waals surface area (Å²) in [6, 6.07) is 19.2. The lowest BCUT2D eigenvalue weighted by molar-refractivity contribution is 0.567. The van der Waals surface area contributed by atoms with Crippen LogP contribution in [0.2, 0.25) is 0 Å². The number of rotatable bonds is 3. The largest absolute Gasteiger partial charge is 0.435 e. The van der Waals surface area contributed by atoms with E-state index in [9.17, 15) is 0 Å². The molecule has 7 heteroatoms. The van der Waals surface area contributed by atoms with Gasteiger partial charge >= 0.3 is 6.57 Å². The average Bonchev–Trinajstić information content (AvgIpc) is 2.50. The van der Waals surface area contributed by atoms with E-state index in [0.717, 1.165) is 5.56 Å². The topological polar surface area (TPSA) is 57.7 Å². The Morgan fingerprint density at radius 2 is 1.60 bits per heavy atom. The summed E-state index contributed by atoms with van der Waals surface area (Å²) >= 11 is 5.44. The van der Waals surface area contributed by atoms with Gasteiger partial charge in [-0.25, -0.2) is 5.20 Å². The molecule has 1 unspecified atom stereocenters. The van der Waals surface area contributed by atoms with Crippen LogP contribution in [0.4, 0.5) is 0 Å². The normalized spacial score (nSPS) is 21.3. The Balaban J connectivity index is 1.74. The van der Waals surface area contributed by atoms with Gasteiger partial charge in [-0.05, 0) is 23.9 Å². The molecule has 1 heterocycles. The molecule has 0 aliphatic carbocycles. The van der Waals surface area contributed by atoms with Crippen molar-refractivity contribution in [1.29, 1.82) is 0 Å². The number of hydrazone groups is 1. The third-order valence-electron chi connectivity index (χ3n) is 2.64. The fourth-order valence-electron chi connectivity index (χ4n) is 1.70. The van der Waals surface area contributed by atoms with Gasteiger partial charge < -0.3 is 4.52 Å². The maximum Gasteiger partial charge on any atom is 0.307 e. The van der Waals surface area contributed by atoms with E-state index in [-0.39, 0.29) is 0 Å². The quantitative estimate of drug-likeness (QED) is 0.760. The Hall–Kier alpha value is -1.88. The molecule has 0 saturated carbocycles. The van der Waals surface area contributed by atoms with Crippen LogP contribution in [0.3, 0.4) is 0 Å². The molecule has 5 nitrogen and oxygen atoms in total. The second-order valence-corrected chi connectivity index (χ2v) is 7.37. The zero-order valence-corrected chi connectivity index (χ0v) is 12.2. The van der Waals surface area contributed by atoms with E-state index in [1.807, 2.05) is 60.7 Å². The summed E-state index contributed by atoms with van der Waals surface area (Å²) in [4.78, 5) is 0. The Bertz CT molecular complexity index is 663. The van der Waals surface area contributed by atoms with Crippen molar-refractivity contribution < 1.29 is 4.52 Å². The van der Waals surface area contributed by atoms with Crippen LogP contribution >= 0.6 is 6.57 Å². The lowest BCUT2D eigenvalue weighted by atomic mass is 10.2. The van der Waals surface area contributed by atoms with Crippen LogP contribution in [0.15, 0.2) is 65.8 Å². The molecular formula is C13H13N4OPS. The molecule has 0 radical (unpaired) electrons. The lowest BCUT2D eigenvalue weighted by Gasteiger charge is -2.28. The first-order chi connectivity index (χ1) is 9.75. The van der Waals surface area contributed by atoms with Gasteiger partial charge in [-0.3, -0.25) is 5.43 Å². The summed E-state index contributed by atoms with van der Waals surface area (Å²) in [7, 11) is 0. The second-order valence-electron chi connectivity index (χ2n) is 4.12. The van der Waals surface area contributed by atoms with Crippen LogP contribution in [-0.2, 0) is 11.8 Å². The fourth-order valence-corrected chi connectivity index (χ4v) is 3.26. The van der Waals surface area contributed by atoms with E-state index in [2.05, 4.69) is 20.9 Å². The summed E-state index contributed by atoms with van der Waals surface area (Å²) in [5.74, 6) is 1.39. The van der Waals surface area contributed by atoms with Gasteiger partial charge in [-0.2, -0.15) is 10.3 Å². The molecular weight excluding hydrogens is 291 g/mol. The van der Waals surface area contributed by atoms with E-state index >= 15 is 0 Å². The smallest absolute Gasteiger partial charge is 0.307 e. The molecule has 102 valence electrons. The van der Waals surface area contributed by atoms with Crippen molar-refractivity contribution in [3.8, 4) is 5.75 Å². The molecule has 0 aromatic heterocycles. The molecule has 20 heavy (non-hydrogen) atoms. The number of nitrogens with one attached hydrogen (secondary N) is 3. The van der Waals surface area contributed by atoms with E-state index in [1.165, 1.54) is 0 Å². The zero-order valence-electron chi connectivity index (χ0n) is 10.5. The molecule has 0 amide bonds. The number of para-hydroxylation sites is 1. The van der Waals surface area contributed by atoms with Crippen molar-refractivity contribution in [3.63, 3.8) is 0 Å². The van der Waals surface area contributed by atoms with Gasteiger partial charge in [0.2, 0.25) is 0 Å². The van der Waals surface area contributed by atoms with Gasteiger partial charge in [0.05, 0.1) is 0 Å². The molecule has 2 aromatic carbocycles. The third-order valence-corrected chi connectivity index (χ3v) is 4.62. The SMILES string of the molecule is S=P1(Oc2ccccc2)NN=C(c2ccccc2)NN1. The predicted octanol–water partition coefficient (Wildman–Crippen LogP) is 2.35. The Morgan fingerprint density at radius 1 is 0.950 bits per heavy atom. The molecule has 0 bridgehead atoms. The number of hydrogen-bond donors (Lipinski definition) is 3. The van der Waals surface area contributed by atoms with Crippen molar-refractivity contribution in [1.82, 2.24) is 15.8 Å². The molecule has 1 aliphatic heterocycles. The van der Waals surface area contributed by atoms with Crippen molar-refractivity contribution in [2.24, 2.45) is 5.10 Å². The van der Waals surface area contributed by atoms with Crippen molar-refractivity contribution in [3.05, 3.63) is 66.2 Å². The summed E-state index contributed by atoms with van der Waals surface area (Å²) < 4.78 is 5.76. The average molecular weight is 304 g/mol. The Labute approximate surface area is 122 Å². The summed E-state index contributed by atoms with van der Waals surface area (Å²) in [6.07, 6.45) is 0. The first-order valence-corrected chi connectivity index (χ1v) is 8.76. The molecule has 0 saturated heterocycles. The van der Waals surface area contributed by atoms with Crippen LogP contribution in [-0.4, -0.2) is 5.84 Å². The van der Waals surface area contributed by atoms with Gasteiger partial charge in [-0.1, -0.05) is 48.5 Å². The summed E-state index contributed by atoms with van der Waals surface area (Å²) in [6.45, 7) is -2.46. The van der Waals surface area contributed by atoms with E-state index in [0.29, 0.717) is 11.6 Å². The van der Waals surface area contributed by atoms with Crippen LogP contribution in [0.5, 0.6) is 5.75 Å². The first kappa shape index (κ1) is 13.1. The van der Waals surface area contributed by atoms with Gasteiger partial charge in [0.25, 0.3) is 0 Å². The van der Waals surface area contributed by atoms with Crippen molar-refractivity contribution >= 4 is 24.2 Å². The molecule has 2 aromatic rings. The van der Waals surface area contributed by atoms with E-state index in [4.69, 9.17) is 16.3 Å². The minimum Gasteiger partial charge on any atom is -0.435 e. The predicted molar refractivity (Wildman–Crippen MR) is 83.7 cm³/mol. The highest BCUT2D eigenvalue weighted by Gasteiger charge is 2.23. The molecule has 1 aliphatic rings. The number of benzene rings is 2. The molecule has 3 N–H and O–H groups in total. The monoisotopic (exact) mass is 304 g/mol. The van der Waals surface area contributed by atoms with Crippen LogP contribution in [0.1, 0.15) is 5.56 Å². The Morgan fingerprint density at radius 3 is 2.20 bits per heavy atom. The number of hydrazine groups is 1. The molecule has 1 atom stereocenters. The van der Waals surface area contributed by atoms with Gasteiger partial charge in [0, 0.05) is 5.56 Å². The highest BCUT2D eigenvalue weighted by molar-refractivity contribution is 8.10. The number of amidine groups is 1. The first-order valence-electron chi connectivity index (χ1n) is 6.04. The second kappa shape index (κ2) is 5.63. The van der Waals surface area contributed by atoms with Crippen molar-refractivity contribution in [2.45, 2.75) is 0 Å². The molecule has 0 fully saturated rings. The highest BCUT2D eigenvalue weighted by atomic mass is 32.4. The number of hydrogen-bond acceptors (Lipinski definition) is 4. The van der Waals surface area contributed by atoms with Gasteiger partial charge in [0.15, 0.2) is 5.84 Å². The minimum absolute atomic E-state index is 0.683. The lowest BCUT2D eigenvalue weighted by Crippen LogP contribution is -2.44. The molecule has 3 rings (SSSR count). The summed E-state index contributed by atoms with van der Waals surface area (Å²) in [5, 5.41) is 10.2. The zero-order chi connectivity index (χ0) is 13.8. The van der Waals surface area contributed by atoms with Crippen molar-refractivity contribution in [2.75, 3.05) is 0 Å². The van der Waals surface area contributed by atoms with Crippen LogP contribution < -0.4 is 20.3 Å². The fraction of sp³-hybridized carbons (Fsp3) is 0. The maximum atomic E-state index is 5.76. The third kappa shape index (κ3) is 2.99. The summed E-state index contributed by atoms with van der Waals surface area (Å²) in [5.41, 5.74) is 3.97. The number of nitrogens with zero attached hydrogens (tertiary/aromatic N) is 1. The molecule has 0 spiro atoms. The van der Waals surface area contributed by atoms with Crippen LogP contribution in [0, 0.1) is 0 Å². The van der Waals surface area contributed by atoms with Crippen LogP contribution in [0.25, 0.3) is 0 Å². The maximum absolute atomic E-state index is 5.76. The Kier molecular flexibility index (Phi) is 3.69. The van der Waals surface area contributed by atoms with E-state index < -0.39 is 6.57 Å². The van der Waals surface area contributed by atoms with Gasteiger partial charge in [-0.15, -0.1) is 0 Å². The van der Waals surface area contributed by atoms with E-state index in [1.54, 1.807) is 0 Å².